The Morgan fingerprint density at radius 1 is 0.833 bits per heavy atom. The topological polar surface area (TPSA) is 9.23 Å². The Balaban J connectivity index is 4.06. The Kier molecular flexibility index (Phi) is 6.45. The SMILES string of the molecule is CCCC(CCC)(CCC)OC. The molecule has 1 heteroatoms. The molecular formula is C11H24O. The second kappa shape index (κ2) is 6.47. The van der Waals surface area contributed by atoms with Crippen molar-refractivity contribution in [3.63, 3.8) is 0 Å². The maximum Gasteiger partial charge on any atom is 0.0678 e. The maximum atomic E-state index is 5.66. The molecule has 0 amide bonds. The fourth-order valence-corrected chi connectivity index (χ4v) is 2.05. The second-order valence-corrected chi connectivity index (χ2v) is 3.64. The summed E-state index contributed by atoms with van der Waals surface area (Å²) in [6.07, 6.45) is 7.33. The van der Waals surface area contributed by atoms with Crippen LogP contribution in [0.3, 0.4) is 0 Å². The van der Waals surface area contributed by atoms with Crippen LogP contribution in [0.2, 0.25) is 0 Å². The lowest BCUT2D eigenvalue weighted by Gasteiger charge is -2.31. The molecule has 0 bridgehead atoms. The number of ether oxygens (including phenoxy) is 1. The van der Waals surface area contributed by atoms with Gasteiger partial charge >= 0.3 is 0 Å². The van der Waals surface area contributed by atoms with E-state index in [1.807, 2.05) is 7.11 Å². The van der Waals surface area contributed by atoms with E-state index in [1.54, 1.807) is 0 Å². The van der Waals surface area contributed by atoms with Crippen molar-refractivity contribution in [1.29, 1.82) is 0 Å². The molecule has 0 aliphatic heterocycles. The third-order valence-electron chi connectivity index (χ3n) is 2.55. The molecule has 0 aromatic rings. The van der Waals surface area contributed by atoms with Gasteiger partial charge in [0.2, 0.25) is 0 Å². The van der Waals surface area contributed by atoms with Gasteiger partial charge < -0.3 is 4.74 Å². The maximum absolute atomic E-state index is 5.66. The van der Waals surface area contributed by atoms with Gasteiger partial charge in [-0.25, -0.2) is 0 Å². The summed E-state index contributed by atoms with van der Waals surface area (Å²) in [5.41, 5.74) is 0.193. The molecule has 0 aliphatic carbocycles. The summed E-state index contributed by atoms with van der Waals surface area (Å²) in [5.74, 6) is 0. The minimum absolute atomic E-state index is 0.193. The zero-order chi connectivity index (χ0) is 9.45. The zero-order valence-corrected chi connectivity index (χ0v) is 9.15. The lowest BCUT2D eigenvalue weighted by molar-refractivity contribution is -0.0327. The van der Waals surface area contributed by atoms with Gasteiger partial charge in [0.05, 0.1) is 5.60 Å². The van der Waals surface area contributed by atoms with Crippen LogP contribution in [0.1, 0.15) is 59.3 Å². The van der Waals surface area contributed by atoms with Gasteiger partial charge in [-0.05, 0) is 19.3 Å². The van der Waals surface area contributed by atoms with E-state index in [1.165, 1.54) is 38.5 Å². The first-order valence-corrected chi connectivity index (χ1v) is 5.29. The number of hydrogen-bond acceptors (Lipinski definition) is 1. The van der Waals surface area contributed by atoms with Crippen molar-refractivity contribution in [2.24, 2.45) is 0 Å². The normalized spacial score (nSPS) is 12.0. The van der Waals surface area contributed by atoms with Gasteiger partial charge in [0, 0.05) is 7.11 Å². The van der Waals surface area contributed by atoms with E-state index >= 15 is 0 Å². The van der Waals surface area contributed by atoms with Crippen molar-refractivity contribution in [3.05, 3.63) is 0 Å². The molecule has 0 unspecified atom stereocenters. The highest BCUT2D eigenvalue weighted by atomic mass is 16.5. The molecule has 0 saturated carbocycles. The Hall–Kier alpha value is -0.0400. The van der Waals surface area contributed by atoms with Crippen molar-refractivity contribution < 1.29 is 4.74 Å². The van der Waals surface area contributed by atoms with Crippen LogP contribution in [-0.2, 0) is 4.74 Å². The summed E-state index contributed by atoms with van der Waals surface area (Å²) in [6, 6.07) is 0. The molecule has 0 aromatic heterocycles. The summed E-state index contributed by atoms with van der Waals surface area (Å²) in [6.45, 7) is 6.71. The molecule has 0 rings (SSSR count). The third-order valence-corrected chi connectivity index (χ3v) is 2.55. The highest BCUT2D eigenvalue weighted by Gasteiger charge is 2.26. The van der Waals surface area contributed by atoms with Crippen molar-refractivity contribution in [1.82, 2.24) is 0 Å². The predicted molar refractivity (Wildman–Crippen MR) is 54.5 cm³/mol. The lowest BCUT2D eigenvalue weighted by Crippen LogP contribution is -2.30. The smallest absolute Gasteiger partial charge is 0.0678 e. The molecule has 0 spiro atoms. The molecule has 0 heterocycles. The first kappa shape index (κ1) is 12.0. The Labute approximate surface area is 77.5 Å². The van der Waals surface area contributed by atoms with Crippen molar-refractivity contribution in [2.75, 3.05) is 7.11 Å². The average Bonchev–Trinajstić information content (AvgIpc) is 2.06. The van der Waals surface area contributed by atoms with Gasteiger partial charge in [-0.15, -0.1) is 0 Å². The fourth-order valence-electron chi connectivity index (χ4n) is 2.05. The molecule has 12 heavy (non-hydrogen) atoms. The first-order chi connectivity index (χ1) is 5.74. The minimum atomic E-state index is 0.193. The summed E-state index contributed by atoms with van der Waals surface area (Å²) >= 11 is 0. The average molecular weight is 172 g/mol. The van der Waals surface area contributed by atoms with Gasteiger partial charge in [-0.1, -0.05) is 40.0 Å². The molecule has 0 N–H and O–H groups in total. The summed E-state index contributed by atoms with van der Waals surface area (Å²) < 4.78 is 5.66. The molecule has 0 fully saturated rings. The van der Waals surface area contributed by atoms with Crippen LogP contribution in [0.4, 0.5) is 0 Å². The minimum Gasteiger partial charge on any atom is -0.378 e. The Morgan fingerprint density at radius 3 is 1.33 bits per heavy atom. The van der Waals surface area contributed by atoms with E-state index < -0.39 is 0 Å². The largest absolute Gasteiger partial charge is 0.378 e. The van der Waals surface area contributed by atoms with Gasteiger partial charge in [0.1, 0.15) is 0 Å². The number of rotatable bonds is 7. The number of methoxy groups -OCH3 is 1. The van der Waals surface area contributed by atoms with Gasteiger partial charge in [0.25, 0.3) is 0 Å². The monoisotopic (exact) mass is 172 g/mol. The Morgan fingerprint density at radius 2 is 1.17 bits per heavy atom. The van der Waals surface area contributed by atoms with E-state index in [-0.39, 0.29) is 5.60 Å². The van der Waals surface area contributed by atoms with E-state index in [0.29, 0.717) is 0 Å². The van der Waals surface area contributed by atoms with E-state index in [9.17, 15) is 0 Å². The summed E-state index contributed by atoms with van der Waals surface area (Å²) in [5, 5.41) is 0. The van der Waals surface area contributed by atoms with Gasteiger partial charge in [-0.2, -0.15) is 0 Å². The molecule has 1 nitrogen and oxygen atoms in total. The van der Waals surface area contributed by atoms with Crippen LogP contribution in [0.25, 0.3) is 0 Å². The number of hydrogen-bond donors (Lipinski definition) is 0. The van der Waals surface area contributed by atoms with Crippen LogP contribution in [-0.4, -0.2) is 12.7 Å². The lowest BCUT2D eigenvalue weighted by atomic mass is 9.88. The van der Waals surface area contributed by atoms with E-state index in [4.69, 9.17) is 4.74 Å². The van der Waals surface area contributed by atoms with Gasteiger partial charge in [0.15, 0.2) is 0 Å². The predicted octanol–water partition coefficient (Wildman–Crippen LogP) is 3.77. The van der Waals surface area contributed by atoms with Crippen LogP contribution in [0, 0.1) is 0 Å². The highest BCUT2D eigenvalue weighted by Crippen LogP contribution is 2.28. The fraction of sp³-hybridized carbons (Fsp3) is 1.00. The van der Waals surface area contributed by atoms with Crippen LogP contribution in [0.5, 0.6) is 0 Å². The Bertz CT molecular complexity index is 82.2. The van der Waals surface area contributed by atoms with E-state index in [2.05, 4.69) is 20.8 Å². The molecule has 0 radical (unpaired) electrons. The highest BCUT2D eigenvalue weighted by molar-refractivity contribution is 4.78. The second-order valence-electron chi connectivity index (χ2n) is 3.64. The first-order valence-electron chi connectivity index (χ1n) is 5.29. The molecule has 0 aliphatic rings. The summed E-state index contributed by atoms with van der Waals surface area (Å²) in [7, 11) is 1.86. The molecule has 0 saturated heterocycles. The van der Waals surface area contributed by atoms with Crippen molar-refractivity contribution >= 4 is 0 Å². The quantitative estimate of drug-likeness (QED) is 0.568. The molecule has 74 valence electrons. The summed E-state index contributed by atoms with van der Waals surface area (Å²) in [4.78, 5) is 0. The third kappa shape index (κ3) is 3.57. The van der Waals surface area contributed by atoms with Crippen LogP contribution in [0.15, 0.2) is 0 Å². The van der Waals surface area contributed by atoms with Crippen molar-refractivity contribution in [2.45, 2.75) is 64.9 Å². The van der Waals surface area contributed by atoms with E-state index in [0.717, 1.165) is 0 Å². The van der Waals surface area contributed by atoms with Crippen LogP contribution >= 0.6 is 0 Å². The molecule has 0 atom stereocenters. The van der Waals surface area contributed by atoms with Gasteiger partial charge in [-0.3, -0.25) is 0 Å². The van der Waals surface area contributed by atoms with Crippen LogP contribution < -0.4 is 0 Å². The molecule has 0 aromatic carbocycles. The standard InChI is InChI=1S/C11H24O/c1-5-8-11(12-4,9-6-2)10-7-3/h5-10H2,1-4H3. The van der Waals surface area contributed by atoms with Crippen molar-refractivity contribution in [3.8, 4) is 0 Å². The molecular weight excluding hydrogens is 148 g/mol. The zero-order valence-electron chi connectivity index (χ0n) is 9.15.